The number of hydrogen-bond acceptors (Lipinski definition) is 3. The summed E-state index contributed by atoms with van der Waals surface area (Å²) in [6.45, 7) is 16.4. The zero-order chi connectivity index (χ0) is 15.6. The molecule has 1 aromatic rings. The number of hydrogen-bond donors (Lipinski definition) is 1. The summed E-state index contributed by atoms with van der Waals surface area (Å²) in [6.07, 6.45) is 2.66. The third kappa shape index (κ3) is 4.86. The van der Waals surface area contributed by atoms with Gasteiger partial charge in [0.25, 0.3) is 0 Å². The molecule has 1 aliphatic rings. The van der Waals surface area contributed by atoms with Gasteiger partial charge in [-0.1, -0.05) is 6.92 Å². The molecule has 2 heterocycles. The Labute approximate surface area is 130 Å². The van der Waals surface area contributed by atoms with Crippen LogP contribution in [0.25, 0.3) is 0 Å². The van der Waals surface area contributed by atoms with E-state index in [0.717, 1.165) is 30.5 Å². The Hall–Kier alpha value is -0.800. The second-order valence-corrected chi connectivity index (χ2v) is 7.86. The van der Waals surface area contributed by atoms with E-state index >= 15 is 0 Å². The highest BCUT2D eigenvalue weighted by atomic mass is 16.3. The normalized spacial score (nSPS) is 24.5. The first-order valence-electron chi connectivity index (χ1n) is 8.32. The Bertz CT molecular complexity index is 458. The lowest BCUT2D eigenvalue weighted by molar-refractivity contribution is 0.108. The van der Waals surface area contributed by atoms with E-state index in [9.17, 15) is 0 Å². The van der Waals surface area contributed by atoms with E-state index < -0.39 is 0 Å². The first-order chi connectivity index (χ1) is 9.74. The van der Waals surface area contributed by atoms with Crippen LogP contribution in [0.1, 0.15) is 64.5 Å². The molecule has 1 saturated heterocycles. The molecule has 2 atom stereocenters. The van der Waals surface area contributed by atoms with Gasteiger partial charge in [0, 0.05) is 30.2 Å². The van der Waals surface area contributed by atoms with E-state index in [4.69, 9.17) is 4.42 Å². The zero-order valence-corrected chi connectivity index (χ0v) is 14.6. The van der Waals surface area contributed by atoms with Crippen molar-refractivity contribution in [1.29, 1.82) is 0 Å². The second kappa shape index (κ2) is 6.53. The van der Waals surface area contributed by atoms with Crippen LogP contribution in [0, 0.1) is 12.8 Å². The maximum Gasteiger partial charge on any atom is 0.118 e. The van der Waals surface area contributed by atoms with Gasteiger partial charge in [-0.3, -0.25) is 4.90 Å². The van der Waals surface area contributed by atoms with Gasteiger partial charge in [0.05, 0.1) is 6.54 Å². The zero-order valence-electron chi connectivity index (χ0n) is 14.6. The summed E-state index contributed by atoms with van der Waals surface area (Å²) in [7, 11) is 0. The molecule has 0 radical (unpaired) electrons. The van der Waals surface area contributed by atoms with Crippen molar-refractivity contribution in [2.45, 2.75) is 79.1 Å². The van der Waals surface area contributed by atoms with Crippen LogP contribution in [0.4, 0.5) is 0 Å². The van der Waals surface area contributed by atoms with E-state index in [1.807, 2.05) is 0 Å². The van der Waals surface area contributed by atoms with Crippen LogP contribution in [0.5, 0.6) is 0 Å². The van der Waals surface area contributed by atoms with Crippen LogP contribution >= 0.6 is 0 Å². The Morgan fingerprint density at radius 2 is 2.00 bits per heavy atom. The number of rotatable bonds is 4. The quantitative estimate of drug-likeness (QED) is 0.906. The van der Waals surface area contributed by atoms with Crippen molar-refractivity contribution in [3.63, 3.8) is 0 Å². The predicted molar refractivity (Wildman–Crippen MR) is 88.3 cm³/mol. The lowest BCUT2D eigenvalue weighted by Crippen LogP contribution is -2.40. The summed E-state index contributed by atoms with van der Waals surface area (Å²) in [5.74, 6) is 2.97. The monoisotopic (exact) mass is 292 g/mol. The number of nitrogens with one attached hydrogen (secondary N) is 1. The molecule has 1 aliphatic heterocycles. The fraction of sp³-hybridized carbons (Fsp3) is 0.778. The van der Waals surface area contributed by atoms with Crippen LogP contribution in [0.3, 0.4) is 0 Å². The minimum Gasteiger partial charge on any atom is -0.465 e. The van der Waals surface area contributed by atoms with E-state index in [1.165, 1.54) is 24.9 Å². The topological polar surface area (TPSA) is 28.4 Å². The molecule has 0 aliphatic carbocycles. The van der Waals surface area contributed by atoms with E-state index in [0.29, 0.717) is 6.04 Å². The minimum atomic E-state index is 0.140. The van der Waals surface area contributed by atoms with Gasteiger partial charge in [-0.05, 0) is 59.4 Å². The third-order valence-corrected chi connectivity index (χ3v) is 4.49. The maximum absolute atomic E-state index is 5.98. The van der Waals surface area contributed by atoms with Crippen molar-refractivity contribution in [2.75, 3.05) is 6.54 Å². The molecule has 3 nitrogen and oxygen atoms in total. The summed E-state index contributed by atoms with van der Waals surface area (Å²) < 4.78 is 5.98. The van der Waals surface area contributed by atoms with E-state index in [-0.39, 0.29) is 5.54 Å². The van der Waals surface area contributed by atoms with Gasteiger partial charge >= 0.3 is 0 Å². The van der Waals surface area contributed by atoms with Crippen molar-refractivity contribution in [3.05, 3.63) is 23.2 Å². The highest BCUT2D eigenvalue weighted by Gasteiger charge is 2.24. The first kappa shape index (κ1) is 16.6. The second-order valence-electron chi connectivity index (χ2n) is 7.86. The molecule has 1 N–H and O–H groups in total. The lowest BCUT2D eigenvalue weighted by Gasteiger charge is -2.36. The molecule has 2 rings (SSSR count). The molecule has 0 aromatic carbocycles. The molecule has 2 unspecified atom stereocenters. The van der Waals surface area contributed by atoms with Gasteiger partial charge in [0.2, 0.25) is 0 Å². The van der Waals surface area contributed by atoms with Crippen LogP contribution in [-0.2, 0) is 13.1 Å². The number of aryl methyl sites for hydroxylation is 1. The molecule has 0 bridgehead atoms. The van der Waals surface area contributed by atoms with Gasteiger partial charge in [-0.15, -0.1) is 0 Å². The van der Waals surface area contributed by atoms with Gasteiger partial charge in [0.1, 0.15) is 11.5 Å². The van der Waals surface area contributed by atoms with Crippen LogP contribution < -0.4 is 5.32 Å². The van der Waals surface area contributed by atoms with Crippen molar-refractivity contribution in [1.82, 2.24) is 10.2 Å². The SMILES string of the molecule is Cc1oc(CN2CC(C)CCC2C)cc1CNC(C)(C)C. The highest BCUT2D eigenvalue weighted by Crippen LogP contribution is 2.25. The molecule has 0 spiro atoms. The molecule has 1 fully saturated rings. The van der Waals surface area contributed by atoms with Crippen molar-refractivity contribution in [3.8, 4) is 0 Å². The number of piperidine rings is 1. The summed E-state index contributed by atoms with van der Waals surface area (Å²) in [5, 5.41) is 3.54. The van der Waals surface area contributed by atoms with Gasteiger partial charge in [-0.25, -0.2) is 0 Å². The minimum absolute atomic E-state index is 0.140. The van der Waals surface area contributed by atoms with Crippen LogP contribution in [0.15, 0.2) is 10.5 Å². The molecule has 3 heteroatoms. The molecule has 120 valence electrons. The lowest BCUT2D eigenvalue weighted by atomic mass is 9.95. The predicted octanol–water partition coefficient (Wildman–Crippen LogP) is 4.10. The molecule has 0 saturated carbocycles. The molecular formula is C18H32N2O. The van der Waals surface area contributed by atoms with Gasteiger partial charge < -0.3 is 9.73 Å². The largest absolute Gasteiger partial charge is 0.465 e. The molecule has 0 amide bonds. The van der Waals surface area contributed by atoms with Gasteiger partial charge in [-0.2, -0.15) is 0 Å². The van der Waals surface area contributed by atoms with Gasteiger partial charge in [0.15, 0.2) is 0 Å². The van der Waals surface area contributed by atoms with Crippen LogP contribution in [-0.4, -0.2) is 23.0 Å². The smallest absolute Gasteiger partial charge is 0.118 e. The third-order valence-electron chi connectivity index (χ3n) is 4.49. The van der Waals surface area contributed by atoms with Crippen molar-refractivity contribution < 1.29 is 4.42 Å². The Morgan fingerprint density at radius 3 is 2.67 bits per heavy atom. The maximum atomic E-state index is 5.98. The van der Waals surface area contributed by atoms with E-state index in [1.54, 1.807) is 0 Å². The summed E-state index contributed by atoms with van der Waals surface area (Å²) in [5.41, 5.74) is 1.43. The highest BCUT2D eigenvalue weighted by molar-refractivity contribution is 5.21. The Morgan fingerprint density at radius 1 is 1.29 bits per heavy atom. The summed E-state index contributed by atoms with van der Waals surface area (Å²) >= 11 is 0. The van der Waals surface area contributed by atoms with Crippen molar-refractivity contribution in [2.24, 2.45) is 5.92 Å². The Kier molecular flexibility index (Phi) is 5.15. The first-order valence-corrected chi connectivity index (χ1v) is 8.32. The molecular weight excluding hydrogens is 260 g/mol. The number of furan rings is 1. The standard InChI is InChI=1S/C18H32N2O/c1-13-7-8-14(2)20(11-13)12-17-9-16(15(3)21-17)10-19-18(4,5)6/h9,13-14,19H,7-8,10-12H2,1-6H3. The number of likely N-dealkylation sites (tertiary alicyclic amines) is 1. The van der Waals surface area contributed by atoms with Crippen molar-refractivity contribution >= 4 is 0 Å². The molecule has 1 aromatic heterocycles. The fourth-order valence-electron chi connectivity index (χ4n) is 3.00. The average Bonchev–Trinajstić information content (AvgIpc) is 2.71. The average molecular weight is 292 g/mol. The van der Waals surface area contributed by atoms with E-state index in [2.05, 4.69) is 57.8 Å². The summed E-state index contributed by atoms with van der Waals surface area (Å²) in [6, 6.07) is 2.91. The Balaban J connectivity index is 1.98. The summed E-state index contributed by atoms with van der Waals surface area (Å²) in [4.78, 5) is 2.56. The number of nitrogens with zero attached hydrogens (tertiary/aromatic N) is 1. The fourth-order valence-corrected chi connectivity index (χ4v) is 3.00. The van der Waals surface area contributed by atoms with Crippen LogP contribution in [0.2, 0.25) is 0 Å². The molecule has 21 heavy (non-hydrogen) atoms.